The van der Waals surface area contributed by atoms with Gasteiger partial charge >= 0.3 is 0 Å². The third-order valence-corrected chi connectivity index (χ3v) is 8.78. The quantitative estimate of drug-likeness (QED) is 0.217. The van der Waals surface area contributed by atoms with Crippen molar-refractivity contribution in [3.63, 3.8) is 0 Å². The summed E-state index contributed by atoms with van der Waals surface area (Å²) in [6.45, 7) is 7.13. The molecular formula is C33H40FN5O4S. The Morgan fingerprint density at radius 1 is 1.09 bits per heavy atom. The van der Waals surface area contributed by atoms with Crippen molar-refractivity contribution < 1.29 is 25.2 Å². The third-order valence-electron chi connectivity index (χ3n) is 7.55. The highest BCUT2D eigenvalue weighted by molar-refractivity contribution is 7.90. The second-order valence-corrected chi connectivity index (χ2v) is 13.3. The summed E-state index contributed by atoms with van der Waals surface area (Å²) in [7, 11) is -4.34. The minimum atomic E-state index is -4.34. The van der Waals surface area contributed by atoms with E-state index in [-0.39, 0.29) is 25.2 Å². The number of nitrogen functional groups attached to an aromatic ring is 1. The molecule has 4 aromatic rings. The largest absolute Gasteiger partial charge is 0.493 e. The number of nitrogens with one attached hydrogen (secondary N) is 1. The number of benzene rings is 2. The molecule has 0 saturated carbocycles. The molecule has 3 N–H and O–H groups in total. The van der Waals surface area contributed by atoms with Gasteiger partial charge in [-0.25, -0.2) is 19.1 Å². The summed E-state index contributed by atoms with van der Waals surface area (Å²) in [4.78, 5) is 24.5. The van der Waals surface area contributed by atoms with Crippen molar-refractivity contribution in [2.45, 2.75) is 50.6 Å². The van der Waals surface area contributed by atoms with Crippen LogP contribution in [0.3, 0.4) is 0 Å². The van der Waals surface area contributed by atoms with E-state index >= 15 is 0 Å². The average Bonchev–Trinajstić information content (AvgIpc) is 3.36. The van der Waals surface area contributed by atoms with Gasteiger partial charge < -0.3 is 15.4 Å². The lowest BCUT2D eigenvalue weighted by molar-refractivity contribution is 0.0981. The number of sulfonamides is 1. The first kappa shape index (κ1) is 30.9. The first-order valence-electron chi connectivity index (χ1n) is 14.5. The van der Waals surface area contributed by atoms with Gasteiger partial charge in [0.2, 0.25) is 0 Å². The summed E-state index contributed by atoms with van der Waals surface area (Å²) in [6, 6.07) is 21.7. The van der Waals surface area contributed by atoms with Crippen molar-refractivity contribution in [3.05, 3.63) is 95.8 Å². The zero-order chi connectivity index (χ0) is 31.5. The summed E-state index contributed by atoms with van der Waals surface area (Å²) in [5, 5.41) is -0.374. The minimum absolute atomic E-state index is 0. The van der Waals surface area contributed by atoms with Crippen LogP contribution in [0.4, 0.5) is 16.0 Å². The second-order valence-electron chi connectivity index (χ2n) is 11.7. The smallest absolute Gasteiger partial charge is 0.281 e. The molecule has 0 spiro atoms. The molecule has 234 valence electrons. The SMILES string of the molecule is CC(C)COc1cc(F)cc(-c2ccc(C(=O)NS(=O)(=O)c3cccc(N)n3)c(N3CCCC3(C)Cc3ccccc3)n2)c1.[HH].[HH]. The number of pyridine rings is 2. The molecule has 9 nitrogen and oxygen atoms in total. The number of nitrogens with two attached hydrogens (primary N) is 1. The Bertz CT molecular complexity index is 1780. The number of anilines is 2. The maximum atomic E-state index is 14.7. The van der Waals surface area contributed by atoms with Crippen LogP contribution in [-0.2, 0) is 16.4 Å². The van der Waals surface area contributed by atoms with Crippen LogP contribution in [0.25, 0.3) is 11.3 Å². The minimum Gasteiger partial charge on any atom is -0.493 e. The van der Waals surface area contributed by atoms with E-state index in [1.807, 2.05) is 32.0 Å². The predicted octanol–water partition coefficient (Wildman–Crippen LogP) is 6.11. The first-order valence-corrected chi connectivity index (χ1v) is 16.0. The van der Waals surface area contributed by atoms with E-state index in [0.717, 1.165) is 18.4 Å². The summed E-state index contributed by atoms with van der Waals surface area (Å²) in [5.74, 6) is -0.414. The summed E-state index contributed by atoms with van der Waals surface area (Å²) in [6.07, 6.45) is 2.35. The van der Waals surface area contributed by atoms with Gasteiger partial charge in [0.15, 0.2) is 5.03 Å². The number of ether oxygens (including phenoxy) is 1. The van der Waals surface area contributed by atoms with Crippen LogP contribution in [0.1, 0.15) is 52.4 Å². The van der Waals surface area contributed by atoms with Gasteiger partial charge in [-0.15, -0.1) is 0 Å². The molecular weight excluding hydrogens is 581 g/mol. The van der Waals surface area contributed by atoms with Crippen molar-refractivity contribution in [1.29, 1.82) is 0 Å². The van der Waals surface area contributed by atoms with Gasteiger partial charge in [0.1, 0.15) is 23.2 Å². The fraction of sp³-hybridized carbons (Fsp3) is 0.303. The summed E-state index contributed by atoms with van der Waals surface area (Å²) < 4.78 is 48.8. The van der Waals surface area contributed by atoms with Crippen LogP contribution in [0.15, 0.2) is 83.9 Å². The van der Waals surface area contributed by atoms with Gasteiger partial charge in [-0.3, -0.25) is 4.79 Å². The van der Waals surface area contributed by atoms with Gasteiger partial charge in [0.05, 0.1) is 17.9 Å². The van der Waals surface area contributed by atoms with Gasteiger partial charge in [0.25, 0.3) is 15.9 Å². The third kappa shape index (κ3) is 6.99. The fourth-order valence-electron chi connectivity index (χ4n) is 5.46. The van der Waals surface area contributed by atoms with Gasteiger partial charge in [-0.05, 0) is 74.1 Å². The summed E-state index contributed by atoms with van der Waals surface area (Å²) in [5.41, 5.74) is 7.33. The molecule has 2 aromatic carbocycles. The molecule has 1 aliphatic heterocycles. The second kappa shape index (κ2) is 12.6. The van der Waals surface area contributed by atoms with Crippen LogP contribution in [0, 0.1) is 11.7 Å². The van der Waals surface area contributed by atoms with Crippen LogP contribution < -0.4 is 20.1 Å². The van der Waals surface area contributed by atoms with Crippen LogP contribution in [-0.4, -0.2) is 43.0 Å². The number of aromatic nitrogens is 2. The van der Waals surface area contributed by atoms with E-state index in [4.69, 9.17) is 15.5 Å². The normalized spacial score (nSPS) is 16.7. The highest BCUT2D eigenvalue weighted by atomic mass is 32.2. The molecule has 1 saturated heterocycles. The van der Waals surface area contributed by atoms with E-state index in [0.29, 0.717) is 42.4 Å². The first-order chi connectivity index (χ1) is 20.9. The molecule has 1 amide bonds. The number of carbonyl (C=O) groups is 1. The van der Waals surface area contributed by atoms with E-state index in [1.54, 1.807) is 12.1 Å². The molecule has 0 aliphatic carbocycles. The monoisotopic (exact) mass is 621 g/mol. The molecule has 1 atom stereocenters. The Kier molecular flexibility index (Phi) is 8.87. The Morgan fingerprint density at radius 2 is 1.86 bits per heavy atom. The van der Waals surface area contributed by atoms with Crippen LogP contribution >= 0.6 is 0 Å². The van der Waals surface area contributed by atoms with Crippen LogP contribution in [0.2, 0.25) is 0 Å². The average molecular weight is 622 g/mol. The number of hydrogen-bond donors (Lipinski definition) is 2. The number of amides is 1. The summed E-state index contributed by atoms with van der Waals surface area (Å²) >= 11 is 0. The number of nitrogens with zero attached hydrogens (tertiary/aromatic N) is 3. The molecule has 44 heavy (non-hydrogen) atoms. The Hall–Kier alpha value is -4.51. The maximum absolute atomic E-state index is 14.7. The maximum Gasteiger partial charge on any atom is 0.281 e. The van der Waals surface area contributed by atoms with Crippen LogP contribution in [0.5, 0.6) is 5.75 Å². The molecule has 1 unspecified atom stereocenters. The lowest BCUT2D eigenvalue weighted by Crippen LogP contribution is -2.45. The Labute approximate surface area is 260 Å². The van der Waals surface area contributed by atoms with Crippen molar-refractivity contribution in [1.82, 2.24) is 14.7 Å². The molecule has 0 bridgehead atoms. The van der Waals surface area contributed by atoms with E-state index in [2.05, 4.69) is 33.7 Å². The Morgan fingerprint density at radius 3 is 2.59 bits per heavy atom. The lowest BCUT2D eigenvalue weighted by Gasteiger charge is -2.37. The van der Waals surface area contributed by atoms with Crippen molar-refractivity contribution in [2.75, 3.05) is 23.8 Å². The van der Waals surface area contributed by atoms with Crippen molar-refractivity contribution in [3.8, 4) is 17.0 Å². The highest BCUT2D eigenvalue weighted by Gasteiger charge is 2.39. The number of hydrogen-bond acceptors (Lipinski definition) is 8. The number of rotatable bonds is 10. The molecule has 11 heteroatoms. The lowest BCUT2D eigenvalue weighted by atomic mass is 9.90. The van der Waals surface area contributed by atoms with E-state index in [9.17, 15) is 17.6 Å². The van der Waals surface area contributed by atoms with Gasteiger partial charge in [-0.2, -0.15) is 8.42 Å². The molecule has 3 heterocycles. The number of carbonyl (C=O) groups excluding carboxylic acids is 1. The molecule has 1 fully saturated rings. The van der Waals surface area contributed by atoms with E-state index < -0.39 is 27.3 Å². The van der Waals surface area contributed by atoms with Crippen molar-refractivity contribution >= 4 is 27.6 Å². The zero-order valence-electron chi connectivity index (χ0n) is 25.0. The molecule has 2 aromatic heterocycles. The fourth-order valence-corrected chi connectivity index (χ4v) is 6.40. The zero-order valence-corrected chi connectivity index (χ0v) is 25.8. The number of halogens is 1. The molecule has 5 rings (SSSR count). The van der Waals surface area contributed by atoms with Gasteiger partial charge in [0, 0.05) is 26.6 Å². The molecule has 0 radical (unpaired) electrons. The van der Waals surface area contributed by atoms with E-state index in [1.165, 1.54) is 36.4 Å². The Balaban J connectivity index is 0.00000288. The van der Waals surface area contributed by atoms with Crippen molar-refractivity contribution in [2.24, 2.45) is 5.92 Å². The standard InChI is InChI=1S/C33H36FN5O4S.2H2/c1-22(2)21-43-26-18-24(17-25(34)19-26)28-14-13-27(32(40)38-44(41,42)30-12-7-11-29(35)37-30)31(36-28)39-16-8-15-33(39,3)20-23-9-5-4-6-10-23;;/h4-7,9-14,17-19,22H,8,15-16,20-21H2,1-3H3,(H2,35,37)(H,38,40);2*1H. The predicted molar refractivity (Wildman–Crippen MR) is 173 cm³/mol. The molecule has 1 aliphatic rings. The highest BCUT2D eigenvalue weighted by Crippen LogP contribution is 2.39. The van der Waals surface area contributed by atoms with Gasteiger partial charge in [-0.1, -0.05) is 50.2 Å². The topological polar surface area (TPSA) is 128 Å².